The molecule has 32 heavy (non-hydrogen) atoms. The lowest BCUT2D eigenvalue weighted by Crippen LogP contribution is -2.27. The fourth-order valence-electron chi connectivity index (χ4n) is 2.76. The smallest absolute Gasteiger partial charge is 0.295 e. The van der Waals surface area contributed by atoms with Crippen molar-refractivity contribution in [1.82, 2.24) is 19.6 Å². The first kappa shape index (κ1) is 20.5. The van der Waals surface area contributed by atoms with Gasteiger partial charge < -0.3 is 4.74 Å². The first-order chi connectivity index (χ1) is 15.9. The van der Waals surface area contributed by atoms with E-state index in [0.717, 1.165) is 5.06 Å². The van der Waals surface area contributed by atoms with Gasteiger partial charge in [-0.15, -0.1) is 0 Å². The van der Waals surface area contributed by atoms with Crippen LogP contribution in [0.3, 0.4) is 0 Å². The normalized spacial score (nSPS) is 12.2. The van der Waals surface area contributed by atoms with Gasteiger partial charge in [-0.2, -0.15) is 0 Å². The minimum atomic E-state index is -2.87. The van der Waals surface area contributed by atoms with Crippen molar-refractivity contribution in [1.29, 1.82) is 0 Å². The molecule has 11 heteroatoms. The van der Waals surface area contributed by atoms with E-state index >= 15 is 0 Å². The van der Waals surface area contributed by atoms with E-state index in [9.17, 15) is 18.4 Å². The van der Waals surface area contributed by atoms with Crippen molar-refractivity contribution >= 4 is 17.5 Å². The molecule has 0 saturated carbocycles. The maximum absolute atomic E-state index is 14.1. The van der Waals surface area contributed by atoms with Gasteiger partial charge in [0.1, 0.15) is 34.5 Å². The van der Waals surface area contributed by atoms with Crippen molar-refractivity contribution in [2.24, 2.45) is 0 Å². The predicted octanol–water partition coefficient (Wildman–Crippen LogP) is 3.39. The molecule has 3 aromatic rings. The average molecular weight is 467 g/mol. The van der Waals surface area contributed by atoms with Gasteiger partial charge in [0.2, 0.25) is 0 Å². The van der Waals surface area contributed by atoms with Crippen molar-refractivity contribution in [2.75, 3.05) is 14.2 Å². The van der Waals surface area contributed by atoms with E-state index in [-0.39, 0.29) is 17.1 Å². The molecule has 0 aliphatic heterocycles. The minimum Gasteiger partial charge on any atom is -0.485 e. The number of carbonyl (C=O) groups is 1. The molecule has 0 N–H and O–H groups in total. The molecule has 0 unspecified atom stereocenters. The number of carbonyl (C=O) groups excluding carboxylic acids is 1. The first-order valence-electron chi connectivity index (χ1n) is 10.1. The van der Waals surface area contributed by atoms with Crippen LogP contribution >= 0.6 is 11.6 Å². The second kappa shape index (κ2) is 9.41. The lowest BCUT2D eigenvalue weighted by Gasteiger charge is -2.18. The zero-order valence-corrected chi connectivity index (χ0v) is 18.2. The number of halogens is 3. The van der Waals surface area contributed by atoms with E-state index in [1.54, 1.807) is 6.92 Å². The zero-order valence-electron chi connectivity index (χ0n) is 19.4. The molecule has 1 amide bonds. The Morgan fingerprint density at radius 2 is 1.97 bits per heavy atom. The highest BCUT2D eigenvalue weighted by atomic mass is 35.5. The number of hydrogen-bond donors (Lipinski definition) is 0. The number of hydrogen-bond acceptors (Lipinski definition) is 6. The SMILES string of the molecule is [2H]C([2H])(Oc1cc(C)n(-c2cc(C(=O)N(C)OC)ncc2C)c(=O)c1Cl)c1ncc(F)cc1F. The van der Waals surface area contributed by atoms with Crippen LogP contribution in [0.25, 0.3) is 5.69 Å². The third kappa shape index (κ3) is 4.61. The van der Waals surface area contributed by atoms with Crippen LogP contribution in [-0.4, -0.2) is 39.7 Å². The Hall–Kier alpha value is -3.37. The van der Waals surface area contributed by atoms with Crippen molar-refractivity contribution in [3.05, 3.63) is 80.2 Å². The highest BCUT2D eigenvalue weighted by Crippen LogP contribution is 2.26. The first-order valence-corrected chi connectivity index (χ1v) is 9.47. The van der Waals surface area contributed by atoms with Crippen LogP contribution in [0.1, 0.15) is 30.2 Å². The Balaban J connectivity index is 2.08. The summed E-state index contributed by atoms with van der Waals surface area (Å²) in [7, 11) is 2.71. The van der Waals surface area contributed by atoms with Crippen molar-refractivity contribution in [2.45, 2.75) is 20.4 Å². The monoisotopic (exact) mass is 466 g/mol. The number of amides is 1. The molecule has 0 fully saturated rings. The van der Waals surface area contributed by atoms with E-state index in [0.29, 0.717) is 23.5 Å². The third-order valence-electron chi connectivity index (χ3n) is 4.46. The van der Waals surface area contributed by atoms with Gasteiger partial charge in [-0.3, -0.25) is 29.0 Å². The van der Waals surface area contributed by atoms with Crippen LogP contribution < -0.4 is 10.3 Å². The summed E-state index contributed by atoms with van der Waals surface area (Å²) in [6.07, 6.45) is 2.04. The molecule has 0 saturated heterocycles. The number of ether oxygens (including phenoxy) is 1. The fraction of sp³-hybridized carbons (Fsp3) is 0.238. The molecular formula is C21H19ClF2N4O4. The second-order valence-corrected chi connectivity index (χ2v) is 7.01. The lowest BCUT2D eigenvalue weighted by molar-refractivity contribution is -0.0760. The summed E-state index contributed by atoms with van der Waals surface area (Å²) >= 11 is 6.20. The van der Waals surface area contributed by atoms with Gasteiger partial charge in [-0.25, -0.2) is 13.8 Å². The number of pyridine rings is 3. The molecule has 0 radical (unpaired) electrons. The third-order valence-corrected chi connectivity index (χ3v) is 4.81. The quantitative estimate of drug-likeness (QED) is 0.518. The van der Waals surface area contributed by atoms with Crippen molar-refractivity contribution < 1.29 is 25.9 Å². The minimum absolute atomic E-state index is 0.00175. The van der Waals surface area contributed by atoms with Gasteiger partial charge in [-0.1, -0.05) is 11.6 Å². The number of aryl methyl sites for hydroxylation is 2. The maximum Gasteiger partial charge on any atom is 0.295 e. The molecule has 0 bridgehead atoms. The molecule has 0 aliphatic rings. The molecule has 3 aromatic heterocycles. The molecule has 0 atom stereocenters. The van der Waals surface area contributed by atoms with Gasteiger partial charge >= 0.3 is 0 Å². The summed E-state index contributed by atoms with van der Waals surface area (Å²) in [4.78, 5) is 37.9. The Bertz CT molecular complexity index is 1340. The summed E-state index contributed by atoms with van der Waals surface area (Å²) in [6.45, 7) is 0.325. The summed E-state index contributed by atoms with van der Waals surface area (Å²) < 4.78 is 49.7. The molecule has 0 aliphatic carbocycles. The number of rotatable bonds is 6. The highest BCUT2D eigenvalue weighted by Gasteiger charge is 2.19. The van der Waals surface area contributed by atoms with E-state index in [1.807, 2.05) is 0 Å². The van der Waals surface area contributed by atoms with Crippen molar-refractivity contribution in [3.63, 3.8) is 0 Å². The Morgan fingerprint density at radius 1 is 1.25 bits per heavy atom. The van der Waals surface area contributed by atoms with Crippen LogP contribution in [-0.2, 0) is 11.4 Å². The van der Waals surface area contributed by atoms with Gasteiger partial charge in [0.05, 0.1) is 21.7 Å². The van der Waals surface area contributed by atoms with Crippen LogP contribution in [0.5, 0.6) is 5.75 Å². The summed E-state index contributed by atoms with van der Waals surface area (Å²) in [5.41, 5.74) is -0.495. The predicted molar refractivity (Wildman–Crippen MR) is 112 cm³/mol. The van der Waals surface area contributed by atoms with Crippen molar-refractivity contribution in [3.8, 4) is 11.4 Å². The second-order valence-electron chi connectivity index (χ2n) is 6.63. The lowest BCUT2D eigenvalue weighted by atomic mass is 10.2. The molecule has 3 rings (SSSR count). The fourth-order valence-corrected chi connectivity index (χ4v) is 2.94. The zero-order chi connectivity index (χ0) is 25.4. The Kier molecular flexibility index (Phi) is 6.04. The Labute approximate surface area is 189 Å². The van der Waals surface area contributed by atoms with E-state index in [4.69, 9.17) is 23.9 Å². The van der Waals surface area contributed by atoms with Gasteiger partial charge in [0, 0.05) is 31.1 Å². The topological polar surface area (TPSA) is 86.5 Å². The van der Waals surface area contributed by atoms with E-state index in [2.05, 4.69) is 9.97 Å². The van der Waals surface area contributed by atoms with Gasteiger partial charge in [0.15, 0.2) is 5.82 Å². The molecule has 168 valence electrons. The van der Waals surface area contributed by atoms with Gasteiger partial charge in [0.25, 0.3) is 11.5 Å². The molecule has 0 spiro atoms. The standard InChI is InChI=1S/C21H19ClF2N4O4/c1-11-8-25-15(20(29)27(3)31-4)7-17(11)28-12(2)5-18(19(22)21(28)30)32-10-16-14(24)6-13(23)9-26-16/h5-9H,10H2,1-4H3/i10D2. The van der Waals surface area contributed by atoms with E-state index < -0.39 is 40.4 Å². The van der Waals surface area contributed by atoms with E-state index in [1.165, 1.54) is 44.0 Å². The molecule has 0 aromatic carbocycles. The molecule has 8 nitrogen and oxygen atoms in total. The number of hydroxylamine groups is 2. The summed E-state index contributed by atoms with van der Waals surface area (Å²) in [5, 5.41) is 0.459. The molecule has 3 heterocycles. The number of aromatic nitrogens is 3. The molecular weight excluding hydrogens is 446 g/mol. The van der Waals surface area contributed by atoms with Crippen LogP contribution in [0, 0.1) is 25.5 Å². The Morgan fingerprint density at radius 3 is 2.62 bits per heavy atom. The van der Waals surface area contributed by atoms with Crippen LogP contribution in [0.15, 0.2) is 35.4 Å². The summed E-state index contributed by atoms with van der Waals surface area (Å²) in [5.74, 6) is -3.19. The van der Waals surface area contributed by atoms with Gasteiger partial charge in [-0.05, 0) is 25.5 Å². The van der Waals surface area contributed by atoms with Crippen LogP contribution in [0.2, 0.25) is 5.02 Å². The highest BCUT2D eigenvalue weighted by molar-refractivity contribution is 6.31. The number of nitrogens with zero attached hydrogens (tertiary/aromatic N) is 4. The maximum atomic E-state index is 14.1. The summed E-state index contributed by atoms with van der Waals surface area (Å²) in [6, 6.07) is 3.11. The largest absolute Gasteiger partial charge is 0.485 e. The van der Waals surface area contributed by atoms with Crippen LogP contribution in [0.4, 0.5) is 8.78 Å². The average Bonchev–Trinajstić information content (AvgIpc) is 2.77.